The number of aromatic nitrogens is 1. The lowest BCUT2D eigenvalue weighted by molar-refractivity contribution is -0.137. The van der Waals surface area contributed by atoms with Crippen LogP contribution in [-0.2, 0) is 4.79 Å². The highest BCUT2D eigenvalue weighted by Gasteiger charge is 2.34. The molecule has 1 fully saturated rings. The predicted molar refractivity (Wildman–Crippen MR) is 71.2 cm³/mol. The first kappa shape index (κ1) is 13.8. The lowest BCUT2D eigenvalue weighted by Gasteiger charge is -2.22. The van der Waals surface area contributed by atoms with Crippen LogP contribution in [0, 0.1) is 6.92 Å². The number of aliphatic carboxylic acids is 1. The second-order valence-corrected chi connectivity index (χ2v) is 5.64. The average molecular weight is 283 g/mol. The Kier molecular flexibility index (Phi) is 4.04. The van der Waals surface area contributed by atoms with Gasteiger partial charge in [0.05, 0.1) is 6.04 Å². The largest absolute Gasteiger partial charge is 0.480 e. The molecule has 0 radical (unpaired) electrons. The topological polar surface area (TPSA) is 82.5 Å². The molecule has 7 heteroatoms. The van der Waals surface area contributed by atoms with E-state index in [4.69, 9.17) is 5.11 Å². The molecule has 19 heavy (non-hydrogen) atoms. The van der Waals surface area contributed by atoms with Gasteiger partial charge in [0, 0.05) is 17.1 Å². The number of carboxylic acids is 1. The molecule has 1 aliphatic rings. The van der Waals surface area contributed by atoms with E-state index < -0.39 is 5.97 Å². The van der Waals surface area contributed by atoms with Gasteiger partial charge in [0.1, 0.15) is 11.6 Å². The molecule has 2 N–H and O–H groups in total. The maximum Gasteiger partial charge on any atom is 0.323 e. The summed E-state index contributed by atoms with van der Waals surface area (Å²) in [5.74, 6) is -0.986. The highest BCUT2D eigenvalue weighted by molar-refractivity contribution is 7.09. The number of hydrogen-bond acceptors (Lipinski definition) is 4. The summed E-state index contributed by atoms with van der Waals surface area (Å²) in [5, 5.41) is 14.4. The summed E-state index contributed by atoms with van der Waals surface area (Å²) in [5.41, 5.74) is 0.922. The van der Waals surface area contributed by atoms with Crippen molar-refractivity contribution < 1.29 is 14.7 Å². The zero-order valence-electron chi connectivity index (χ0n) is 10.9. The molecule has 1 aromatic heterocycles. The van der Waals surface area contributed by atoms with E-state index in [1.54, 1.807) is 0 Å². The standard InChI is InChI=1S/C12H17N3O3S/c1-7-6-19-11(13-7)8(2)14-12(18)15(5-10(16)17)9-3-4-9/h6,8-9H,3-5H2,1-2H3,(H,14,18)(H,16,17). The molecular formula is C12H17N3O3S. The van der Waals surface area contributed by atoms with E-state index in [2.05, 4.69) is 10.3 Å². The van der Waals surface area contributed by atoms with Gasteiger partial charge >= 0.3 is 12.0 Å². The Bertz CT molecular complexity index is 484. The first-order valence-electron chi connectivity index (χ1n) is 6.18. The predicted octanol–water partition coefficient (Wildman–Crippen LogP) is 1.77. The van der Waals surface area contributed by atoms with Crippen molar-refractivity contribution in [3.8, 4) is 0 Å². The first-order valence-corrected chi connectivity index (χ1v) is 7.06. The van der Waals surface area contributed by atoms with E-state index in [1.807, 2.05) is 19.2 Å². The number of carboxylic acid groups (broad SMARTS) is 1. The lowest BCUT2D eigenvalue weighted by Crippen LogP contribution is -2.44. The molecule has 1 aliphatic carbocycles. The van der Waals surface area contributed by atoms with Gasteiger partial charge in [-0.25, -0.2) is 9.78 Å². The molecule has 2 amide bonds. The summed E-state index contributed by atoms with van der Waals surface area (Å²) in [6, 6.07) is -0.465. The minimum absolute atomic E-state index is 0.0707. The Hall–Kier alpha value is -1.63. The molecule has 2 rings (SSSR count). The van der Waals surface area contributed by atoms with Gasteiger partial charge in [-0.05, 0) is 26.7 Å². The van der Waals surface area contributed by atoms with Crippen LogP contribution in [0.25, 0.3) is 0 Å². The molecule has 0 aromatic carbocycles. The Morgan fingerprint density at radius 3 is 2.79 bits per heavy atom. The molecule has 1 aromatic rings. The Morgan fingerprint density at radius 2 is 2.32 bits per heavy atom. The number of aryl methyl sites for hydroxylation is 1. The van der Waals surface area contributed by atoms with Crippen molar-refractivity contribution in [2.24, 2.45) is 0 Å². The van der Waals surface area contributed by atoms with Crippen molar-refractivity contribution in [2.45, 2.75) is 38.8 Å². The number of hydrogen-bond donors (Lipinski definition) is 2. The molecule has 1 heterocycles. The SMILES string of the molecule is Cc1csc(C(C)NC(=O)N(CC(=O)O)C2CC2)n1. The number of nitrogens with one attached hydrogen (secondary N) is 1. The number of urea groups is 1. The Labute approximate surface area is 115 Å². The van der Waals surface area contributed by atoms with Crippen molar-refractivity contribution in [3.63, 3.8) is 0 Å². The number of amides is 2. The molecule has 6 nitrogen and oxygen atoms in total. The van der Waals surface area contributed by atoms with Gasteiger partial charge < -0.3 is 15.3 Å². The van der Waals surface area contributed by atoms with Crippen molar-refractivity contribution in [1.29, 1.82) is 0 Å². The van der Waals surface area contributed by atoms with Crippen LogP contribution in [0.4, 0.5) is 4.79 Å². The van der Waals surface area contributed by atoms with Crippen LogP contribution in [0.2, 0.25) is 0 Å². The van der Waals surface area contributed by atoms with Crippen LogP contribution in [0.5, 0.6) is 0 Å². The van der Waals surface area contributed by atoms with Crippen molar-refractivity contribution >= 4 is 23.3 Å². The van der Waals surface area contributed by atoms with E-state index in [9.17, 15) is 9.59 Å². The molecule has 0 spiro atoms. The van der Waals surface area contributed by atoms with Gasteiger partial charge in [-0.1, -0.05) is 0 Å². The minimum Gasteiger partial charge on any atom is -0.480 e. The van der Waals surface area contributed by atoms with E-state index in [0.29, 0.717) is 0 Å². The van der Waals surface area contributed by atoms with Gasteiger partial charge in [-0.15, -0.1) is 11.3 Å². The Morgan fingerprint density at radius 1 is 1.63 bits per heavy atom. The third-order valence-electron chi connectivity index (χ3n) is 2.90. The molecule has 0 bridgehead atoms. The van der Waals surface area contributed by atoms with Crippen molar-refractivity contribution in [3.05, 3.63) is 16.1 Å². The first-order chi connectivity index (χ1) is 8.97. The number of rotatable bonds is 5. The van der Waals surface area contributed by atoms with E-state index >= 15 is 0 Å². The van der Waals surface area contributed by atoms with Crippen molar-refractivity contribution in [2.75, 3.05) is 6.54 Å². The van der Waals surface area contributed by atoms with Crippen LogP contribution in [0.3, 0.4) is 0 Å². The van der Waals surface area contributed by atoms with Gasteiger partial charge in [0.2, 0.25) is 0 Å². The number of carbonyl (C=O) groups is 2. The fraction of sp³-hybridized carbons (Fsp3) is 0.583. The minimum atomic E-state index is -0.986. The van der Waals surface area contributed by atoms with Crippen LogP contribution in [0.1, 0.15) is 36.5 Å². The molecule has 104 valence electrons. The fourth-order valence-corrected chi connectivity index (χ4v) is 2.60. The maximum absolute atomic E-state index is 12.1. The number of thiazole rings is 1. The zero-order chi connectivity index (χ0) is 14.0. The highest BCUT2D eigenvalue weighted by atomic mass is 32.1. The summed E-state index contributed by atoms with van der Waals surface area (Å²) in [6.07, 6.45) is 1.76. The average Bonchev–Trinajstić information content (AvgIpc) is 3.07. The van der Waals surface area contributed by atoms with Crippen LogP contribution >= 0.6 is 11.3 Å². The quantitative estimate of drug-likeness (QED) is 0.862. The van der Waals surface area contributed by atoms with Gasteiger partial charge in [0.25, 0.3) is 0 Å². The third-order valence-corrected chi connectivity index (χ3v) is 4.05. The summed E-state index contributed by atoms with van der Waals surface area (Å²) in [4.78, 5) is 28.6. The van der Waals surface area contributed by atoms with Crippen LogP contribution < -0.4 is 5.32 Å². The number of nitrogens with zero attached hydrogens (tertiary/aromatic N) is 2. The molecule has 0 aliphatic heterocycles. The summed E-state index contributed by atoms with van der Waals surface area (Å²) >= 11 is 1.49. The normalized spacial score (nSPS) is 15.9. The summed E-state index contributed by atoms with van der Waals surface area (Å²) < 4.78 is 0. The lowest BCUT2D eigenvalue weighted by atomic mass is 10.3. The smallest absolute Gasteiger partial charge is 0.323 e. The van der Waals surface area contributed by atoms with Crippen LogP contribution in [-0.4, -0.2) is 39.6 Å². The van der Waals surface area contributed by atoms with Gasteiger partial charge in [-0.3, -0.25) is 4.79 Å². The highest BCUT2D eigenvalue weighted by Crippen LogP contribution is 2.27. The molecule has 0 saturated heterocycles. The van der Waals surface area contributed by atoms with Gasteiger partial charge in [-0.2, -0.15) is 0 Å². The monoisotopic (exact) mass is 283 g/mol. The molecule has 1 atom stereocenters. The van der Waals surface area contributed by atoms with E-state index in [1.165, 1.54) is 16.2 Å². The fourth-order valence-electron chi connectivity index (χ4n) is 1.80. The molecule has 1 unspecified atom stereocenters. The van der Waals surface area contributed by atoms with Crippen LogP contribution in [0.15, 0.2) is 5.38 Å². The molecule has 1 saturated carbocycles. The van der Waals surface area contributed by atoms with Gasteiger partial charge in [0.15, 0.2) is 0 Å². The number of carbonyl (C=O) groups excluding carboxylic acids is 1. The molecular weight excluding hydrogens is 266 g/mol. The second kappa shape index (κ2) is 5.56. The maximum atomic E-state index is 12.1. The summed E-state index contributed by atoms with van der Waals surface area (Å²) in [6.45, 7) is 3.50. The van der Waals surface area contributed by atoms with Crippen molar-refractivity contribution in [1.82, 2.24) is 15.2 Å². The van der Waals surface area contributed by atoms with E-state index in [-0.39, 0.29) is 24.7 Å². The van der Waals surface area contributed by atoms with E-state index in [0.717, 1.165) is 23.5 Å². The summed E-state index contributed by atoms with van der Waals surface area (Å²) in [7, 11) is 0. The second-order valence-electron chi connectivity index (χ2n) is 4.75. The third kappa shape index (κ3) is 3.66. The Balaban J connectivity index is 1.96. The zero-order valence-corrected chi connectivity index (χ0v) is 11.7.